The molecule has 0 radical (unpaired) electrons. The molecule has 4 N–H and O–H groups in total. The predicted octanol–water partition coefficient (Wildman–Crippen LogP) is 1.66. The van der Waals surface area contributed by atoms with Crippen LogP contribution < -0.4 is 11.1 Å². The maximum Gasteiger partial charge on any atom is 0.250 e. The number of aryl methyl sites for hydroxylation is 1. The van der Waals surface area contributed by atoms with Gasteiger partial charge in [-0.1, -0.05) is 23.2 Å². The van der Waals surface area contributed by atoms with Crippen molar-refractivity contribution in [2.75, 3.05) is 6.54 Å². The van der Waals surface area contributed by atoms with Crippen LogP contribution in [0.3, 0.4) is 0 Å². The Morgan fingerprint density at radius 1 is 1.56 bits per heavy atom. The number of rotatable bonds is 5. The highest BCUT2D eigenvalue weighted by molar-refractivity contribution is 6.30. The van der Waals surface area contributed by atoms with Gasteiger partial charge in [0.2, 0.25) is 5.91 Å². The first-order valence-electron chi connectivity index (χ1n) is 5.81. The second-order valence-electron chi connectivity index (χ2n) is 4.33. The SMILES string of the molecule is Cc1ccc2[nH]cc(CCNC(Cl)C(N)=O)c2c1. The van der Waals surface area contributed by atoms with Gasteiger partial charge < -0.3 is 10.7 Å². The Morgan fingerprint density at radius 2 is 2.33 bits per heavy atom. The Balaban J connectivity index is 2.04. The van der Waals surface area contributed by atoms with E-state index in [9.17, 15) is 4.79 Å². The van der Waals surface area contributed by atoms with Crippen molar-refractivity contribution in [3.63, 3.8) is 0 Å². The molecule has 0 bridgehead atoms. The second-order valence-corrected chi connectivity index (χ2v) is 4.77. The number of fused-ring (bicyclic) bond motifs is 1. The van der Waals surface area contributed by atoms with E-state index in [-0.39, 0.29) is 0 Å². The van der Waals surface area contributed by atoms with Crippen molar-refractivity contribution in [2.24, 2.45) is 5.73 Å². The molecule has 1 amide bonds. The quantitative estimate of drug-likeness (QED) is 0.568. The highest BCUT2D eigenvalue weighted by Gasteiger charge is 2.10. The summed E-state index contributed by atoms with van der Waals surface area (Å²) in [7, 11) is 0. The average Bonchev–Trinajstić information content (AvgIpc) is 2.71. The third-order valence-corrected chi connectivity index (χ3v) is 3.26. The van der Waals surface area contributed by atoms with Crippen LogP contribution in [0.1, 0.15) is 11.1 Å². The first-order valence-corrected chi connectivity index (χ1v) is 6.25. The van der Waals surface area contributed by atoms with Crippen LogP contribution in [0.4, 0.5) is 0 Å². The van der Waals surface area contributed by atoms with Gasteiger partial charge in [-0.25, -0.2) is 0 Å². The molecule has 1 unspecified atom stereocenters. The van der Waals surface area contributed by atoms with Crippen molar-refractivity contribution in [3.8, 4) is 0 Å². The fraction of sp³-hybridized carbons (Fsp3) is 0.308. The molecular formula is C13H16ClN3O. The van der Waals surface area contributed by atoms with E-state index in [4.69, 9.17) is 17.3 Å². The van der Waals surface area contributed by atoms with E-state index >= 15 is 0 Å². The number of hydrogen-bond donors (Lipinski definition) is 3. The Morgan fingerprint density at radius 3 is 3.06 bits per heavy atom. The molecule has 0 aliphatic carbocycles. The minimum atomic E-state index is -0.808. The van der Waals surface area contributed by atoms with Crippen LogP contribution >= 0.6 is 11.6 Å². The lowest BCUT2D eigenvalue weighted by molar-refractivity contribution is -0.118. The molecule has 96 valence electrons. The monoisotopic (exact) mass is 265 g/mol. The number of aromatic nitrogens is 1. The summed E-state index contributed by atoms with van der Waals surface area (Å²) in [5.41, 5.74) is 7.81. The molecule has 1 aromatic carbocycles. The maximum atomic E-state index is 10.8. The number of H-pyrrole nitrogens is 1. The lowest BCUT2D eigenvalue weighted by Crippen LogP contribution is -2.37. The van der Waals surface area contributed by atoms with E-state index in [2.05, 4.69) is 35.4 Å². The van der Waals surface area contributed by atoms with Gasteiger partial charge in [0.25, 0.3) is 0 Å². The fourth-order valence-corrected chi connectivity index (χ4v) is 2.04. The van der Waals surface area contributed by atoms with Gasteiger partial charge in [-0.3, -0.25) is 10.1 Å². The average molecular weight is 266 g/mol. The van der Waals surface area contributed by atoms with E-state index in [1.165, 1.54) is 16.5 Å². The van der Waals surface area contributed by atoms with Gasteiger partial charge in [0.05, 0.1) is 0 Å². The zero-order valence-corrected chi connectivity index (χ0v) is 10.9. The van der Waals surface area contributed by atoms with Crippen LogP contribution in [-0.4, -0.2) is 22.9 Å². The molecule has 2 rings (SSSR count). The topological polar surface area (TPSA) is 70.9 Å². The minimum absolute atomic E-state index is 0.550. The normalized spacial score (nSPS) is 12.8. The zero-order chi connectivity index (χ0) is 13.1. The number of nitrogens with two attached hydrogens (primary N) is 1. The Labute approximate surface area is 111 Å². The largest absolute Gasteiger partial charge is 0.367 e. The summed E-state index contributed by atoms with van der Waals surface area (Å²) in [6.45, 7) is 2.67. The molecule has 0 aliphatic heterocycles. The number of aromatic amines is 1. The van der Waals surface area contributed by atoms with Gasteiger partial charge in [0.15, 0.2) is 5.50 Å². The summed E-state index contributed by atoms with van der Waals surface area (Å²) < 4.78 is 0. The summed E-state index contributed by atoms with van der Waals surface area (Å²) in [6, 6.07) is 6.28. The van der Waals surface area contributed by atoms with Crippen LogP contribution in [0.5, 0.6) is 0 Å². The van der Waals surface area contributed by atoms with Gasteiger partial charge in [-0.05, 0) is 31.0 Å². The smallest absolute Gasteiger partial charge is 0.250 e. The fourth-order valence-electron chi connectivity index (χ4n) is 1.93. The number of hydrogen-bond acceptors (Lipinski definition) is 2. The highest BCUT2D eigenvalue weighted by atomic mass is 35.5. The van der Waals surface area contributed by atoms with Gasteiger partial charge in [0.1, 0.15) is 0 Å². The number of nitrogens with one attached hydrogen (secondary N) is 2. The van der Waals surface area contributed by atoms with E-state index in [1.807, 2.05) is 6.20 Å². The Kier molecular flexibility index (Phi) is 3.89. The standard InChI is InChI=1S/C13H16ClN3O/c1-8-2-3-11-10(6-8)9(7-17-11)4-5-16-12(14)13(15)18/h2-3,6-7,12,16-17H,4-5H2,1H3,(H2,15,18). The lowest BCUT2D eigenvalue weighted by Gasteiger charge is -2.07. The third-order valence-electron chi connectivity index (χ3n) is 2.89. The molecule has 0 saturated heterocycles. The maximum absolute atomic E-state index is 10.8. The van der Waals surface area contributed by atoms with Crippen molar-refractivity contribution >= 4 is 28.4 Å². The molecule has 5 heteroatoms. The summed E-state index contributed by atoms with van der Waals surface area (Å²) in [5.74, 6) is -0.550. The van der Waals surface area contributed by atoms with Crippen molar-refractivity contribution in [1.29, 1.82) is 0 Å². The van der Waals surface area contributed by atoms with Crippen LogP contribution in [0.2, 0.25) is 0 Å². The van der Waals surface area contributed by atoms with Crippen molar-refractivity contribution in [3.05, 3.63) is 35.5 Å². The molecular weight excluding hydrogens is 250 g/mol. The number of carbonyl (C=O) groups is 1. The number of alkyl halides is 1. The minimum Gasteiger partial charge on any atom is -0.367 e. The molecule has 0 fully saturated rings. The number of primary amides is 1. The number of amides is 1. The van der Waals surface area contributed by atoms with Crippen molar-refractivity contribution < 1.29 is 4.79 Å². The van der Waals surface area contributed by atoms with Crippen LogP contribution in [-0.2, 0) is 11.2 Å². The summed E-state index contributed by atoms with van der Waals surface area (Å²) >= 11 is 5.71. The first kappa shape index (κ1) is 12.9. The Bertz CT molecular complexity index is 564. The van der Waals surface area contributed by atoms with Gasteiger partial charge in [-0.2, -0.15) is 0 Å². The van der Waals surface area contributed by atoms with Crippen LogP contribution in [0.15, 0.2) is 24.4 Å². The van der Waals surface area contributed by atoms with Crippen molar-refractivity contribution in [1.82, 2.24) is 10.3 Å². The van der Waals surface area contributed by atoms with Gasteiger partial charge in [0, 0.05) is 23.6 Å². The molecule has 0 saturated carbocycles. The van der Waals surface area contributed by atoms with Crippen LogP contribution in [0.25, 0.3) is 10.9 Å². The van der Waals surface area contributed by atoms with E-state index < -0.39 is 11.4 Å². The van der Waals surface area contributed by atoms with Gasteiger partial charge >= 0.3 is 0 Å². The molecule has 0 spiro atoms. The molecule has 18 heavy (non-hydrogen) atoms. The lowest BCUT2D eigenvalue weighted by atomic mass is 10.1. The van der Waals surface area contributed by atoms with E-state index in [0.29, 0.717) is 6.54 Å². The second kappa shape index (κ2) is 5.42. The molecule has 0 aliphatic rings. The molecule has 2 aromatic rings. The van der Waals surface area contributed by atoms with Crippen molar-refractivity contribution in [2.45, 2.75) is 18.8 Å². The van der Waals surface area contributed by atoms with Crippen LogP contribution in [0, 0.1) is 6.92 Å². The summed E-state index contributed by atoms with van der Waals surface area (Å²) in [5, 5.41) is 4.09. The van der Waals surface area contributed by atoms with Gasteiger partial charge in [-0.15, -0.1) is 0 Å². The number of halogens is 1. The highest BCUT2D eigenvalue weighted by Crippen LogP contribution is 2.19. The first-order chi connectivity index (χ1) is 8.58. The van der Waals surface area contributed by atoms with E-state index in [1.54, 1.807) is 0 Å². The summed E-state index contributed by atoms with van der Waals surface area (Å²) in [4.78, 5) is 14.0. The summed E-state index contributed by atoms with van der Waals surface area (Å²) in [6.07, 6.45) is 2.78. The zero-order valence-electron chi connectivity index (χ0n) is 10.2. The molecule has 1 aromatic heterocycles. The Hall–Kier alpha value is -1.52. The number of carbonyl (C=O) groups excluding carboxylic acids is 1. The molecule has 4 nitrogen and oxygen atoms in total. The third kappa shape index (κ3) is 2.83. The molecule has 1 atom stereocenters. The van der Waals surface area contributed by atoms with E-state index in [0.717, 1.165) is 11.9 Å². The molecule has 1 heterocycles. The number of benzene rings is 1. The predicted molar refractivity (Wildman–Crippen MR) is 73.6 cm³/mol.